The van der Waals surface area contributed by atoms with Crippen molar-refractivity contribution in [1.29, 1.82) is 0 Å². The molecule has 0 saturated carbocycles. The molecule has 2 fully saturated rings. The number of aromatic nitrogens is 2. The van der Waals surface area contributed by atoms with Gasteiger partial charge in [0.25, 0.3) is 5.91 Å². The number of alkyl halides is 3. The van der Waals surface area contributed by atoms with Gasteiger partial charge in [-0.25, -0.2) is 4.79 Å². The highest BCUT2D eigenvalue weighted by molar-refractivity contribution is 5.93. The van der Waals surface area contributed by atoms with Crippen LogP contribution in [0.1, 0.15) is 21.9 Å². The Balaban J connectivity index is 0.000000360. The van der Waals surface area contributed by atoms with E-state index >= 15 is 0 Å². The summed E-state index contributed by atoms with van der Waals surface area (Å²) in [5.41, 5.74) is 0.500. The minimum atomic E-state index is -5.08. The van der Waals surface area contributed by atoms with Gasteiger partial charge >= 0.3 is 12.1 Å². The summed E-state index contributed by atoms with van der Waals surface area (Å²) >= 11 is 0. The van der Waals surface area contributed by atoms with Crippen LogP contribution in [0.3, 0.4) is 0 Å². The van der Waals surface area contributed by atoms with Crippen LogP contribution >= 0.6 is 0 Å². The minimum absolute atomic E-state index is 0.0300. The number of amides is 1. The molecule has 2 atom stereocenters. The van der Waals surface area contributed by atoms with E-state index in [1.165, 1.54) is 12.4 Å². The number of carbonyl (C=O) groups is 2. The number of carboxylic acid groups (broad SMARTS) is 1. The highest BCUT2D eigenvalue weighted by Crippen LogP contribution is 2.41. The van der Waals surface area contributed by atoms with Crippen LogP contribution in [0.4, 0.5) is 13.2 Å². The summed E-state index contributed by atoms with van der Waals surface area (Å²) in [6.45, 7) is 6.65. The van der Waals surface area contributed by atoms with Crippen LogP contribution in [0.15, 0.2) is 35.0 Å². The molecule has 4 rings (SSSR count). The Kier molecular flexibility index (Phi) is 7.14. The van der Waals surface area contributed by atoms with Gasteiger partial charge in [-0.15, -0.1) is 0 Å². The first-order chi connectivity index (χ1) is 15.1. The second-order valence-corrected chi connectivity index (χ2v) is 7.87. The summed E-state index contributed by atoms with van der Waals surface area (Å²) in [6.07, 6.45) is -2.08. The van der Waals surface area contributed by atoms with Crippen molar-refractivity contribution >= 4 is 11.9 Å². The normalized spacial score (nSPS) is 22.7. The molecule has 0 spiro atoms. The molecule has 32 heavy (non-hydrogen) atoms. The predicted molar refractivity (Wildman–Crippen MR) is 104 cm³/mol. The summed E-state index contributed by atoms with van der Waals surface area (Å²) < 4.78 is 43.2. The van der Waals surface area contributed by atoms with Crippen LogP contribution in [0.5, 0.6) is 0 Å². The van der Waals surface area contributed by atoms with E-state index < -0.39 is 12.1 Å². The van der Waals surface area contributed by atoms with Gasteiger partial charge in [0.2, 0.25) is 0 Å². The molecule has 2 aromatic heterocycles. The van der Waals surface area contributed by atoms with Crippen LogP contribution < -0.4 is 5.32 Å². The van der Waals surface area contributed by atoms with Gasteiger partial charge in [-0.1, -0.05) is 0 Å². The van der Waals surface area contributed by atoms with Crippen LogP contribution in [0.2, 0.25) is 0 Å². The summed E-state index contributed by atoms with van der Waals surface area (Å²) in [4.78, 5) is 23.6. The van der Waals surface area contributed by atoms with E-state index in [4.69, 9.17) is 19.1 Å². The monoisotopic (exact) mass is 456 g/mol. The first-order valence-corrected chi connectivity index (χ1v) is 9.79. The van der Waals surface area contributed by atoms with Gasteiger partial charge in [-0.05, 0) is 25.1 Å². The number of aliphatic carboxylic acids is 1. The lowest BCUT2D eigenvalue weighted by atomic mass is 9.81. The fraction of sp³-hybridized carbons (Fsp3) is 0.500. The van der Waals surface area contributed by atoms with E-state index in [2.05, 4.69) is 20.4 Å². The van der Waals surface area contributed by atoms with Gasteiger partial charge in [0.05, 0.1) is 37.7 Å². The van der Waals surface area contributed by atoms with E-state index in [1.54, 1.807) is 6.07 Å². The van der Waals surface area contributed by atoms with E-state index in [-0.39, 0.29) is 11.3 Å². The fourth-order valence-electron chi connectivity index (χ4n) is 3.89. The van der Waals surface area contributed by atoms with Crippen LogP contribution in [-0.4, -0.2) is 71.1 Å². The number of rotatable bonds is 5. The predicted octanol–water partition coefficient (Wildman–Crippen LogP) is 1.89. The summed E-state index contributed by atoms with van der Waals surface area (Å²) in [7, 11) is 0. The lowest BCUT2D eigenvalue weighted by molar-refractivity contribution is -0.192. The molecule has 2 aliphatic rings. The molecule has 2 N–H and O–H groups in total. The second-order valence-electron chi connectivity index (χ2n) is 7.87. The van der Waals surface area contributed by atoms with E-state index in [0.717, 1.165) is 37.8 Å². The van der Waals surface area contributed by atoms with E-state index in [9.17, 15) is 18.0 Å². The molecule has 0 bridgehead atoms. The molecule has 2 aromatic rings. The fourth-order valence-corrected chi connectivity index (χ4v) is 3.89. The Bertz CT molecular complexity index is 937. The number of ether oxygens (including phenoxy) is 1. The van der Waals surface area contributed by atoms with Gasteiger partial charge in [-0.2, -0.15) is 23.4 Å². The Hall–Kier alpha value is -2.99. The number of carboxylic acids is 1. The molecule has 174 valence electrons. The zero-order chi connectivity index (χ0) is 23.4. The maximum absolute atomic E-state index is 12.3. The molecule has 0 aliphatic carbocycles. The molecule has 2 saturated heterocycles. The molecule has 1 amide bonds. The van der Waals surface area contributed by atoms with Crippen LogP contribution in [0.25, 0.3) is 0 Å². The van der Waals surface area contributed by atoms with Crippen molar-refractivity contribution in [2.45, 2.75) is 19.6 Å². The number of carbonyl (C=O) groups excluding carboxylic acids is 1. The summed E-state index contributed by atoms with van der Waals surface area (Å²) in [6, 6.07) is 5.70. The second kappa shape index (κ2) is 9.65. The molecular weight excluding hydrogens is 433 g/mol. The number of hydrogen-bond acceptors (Lipinski definition) is 7. The Morgan fingerprint density at radius 3 is 2.66 bits per heavy atom. The third kappa shape index (κ3) is 5.82. The molecule has 0 aromatic carbocycles. The third-order valence-corrected chi connectivity index (χ3v) is 5.46. The lowest BCUT2D eigenvalue weighted by Crippen LogP contribution is -2.43. The molecule has 0 unspecified atom stereocenters. The van der Waals surface area contributed by atoms with Crippen molar-refractivity contribution in [3.8, 4) is 0 Å². The first-order valence-electron chi connectivity index (χ1n) is 9.79. The number of fused-ring (bicyclic) bond motifs is 1. The van der Waals surface area contributed by atoms with Gasteiger partial charge in [0.1, 0.15) is 11.5 Å². The van der Waals surface area contributed by atoms with Gasteiger partial charge in [0.15, 0.2) is 0 Å². The van der Waals surface area contributed by atoms with Crippen molar-refractivity contribution in [2.75, 3.05) is 32.8 Å². The number of halogens is 3. The quantitative estimate of drug-likeness (QED) is 0.701. The average molecular weight is 456 g/mol. The zero-order valence-electron chi connectivity index (χ0n) is 17.3. The van der Waals surface area contributed by atoms with Crippen molar-refractivity contribution in [1.82, 2.24) is 20.4 Å². The Labute approximate surface area is 181 Å². The van der Waals surface area contributed by atoms with E-state index in [1.807, 2.05) is 19.1 Å². The van der Waals surface area contributed by atoms with Crippen LogP contribution in [0, 0.1) is 18.3 Å². The minimum Gasteiger partial charge on any atom is -0.475 e. The lowest BCUT2D eigenvalue weighted by Gasteiger charge is -2.27. The van der Waals surface area contributed by atoms with Crippen molar-refractivity contribution in [3.05, 3.63) is 47.7 Å². The van der Waals surface area contributed by atoms with Gasteiger partial charge < -0.3 is 19.6 Å². The van der Waals surface area contributed by atoms with Crippen molar-refractivity contribution < 1.29 is 37.0 Å². The number of aryl methyl sites for hydroxylation is 1. The molecular formula is C20H23F3N4O5. The SMILES string of the molecule is Cc1ccc(CN2C[C@@H]3COC[C@]3(CNC(=O)c3ccnnc3)C2)o1.O=C(O)C(F)(F)F. The molecule has 2 aliphatic heterocycles. The third-order valence-electron chi connectivity index (χ3n) is 5.46. The smallest absolute Gasteiger partial charge is 0.475 e. The molecule has 9 nitrogen and oxygen atoms in total. The summed E-state index contributed by atoms with van der Waals surface area (Å²) in [5.74, 6) is -0.520. The Morgan fingerprint density at radius 2 is 2.06 bits per heavy atom. The van der Waals surface area contributed by atoms with Crippen molar-refractivity contribution in [2.24, 2.45) is 11.3 Å². The zero-order valence-corrected chi connectivity index (χ0v) is 17.3. The number of likely N-dealkylation sites (tertiary alicyclic amines) is 1. The van der Waals surface area contributed by atoms with Crippen LogP contribution in [-0.2, 0) is 16.1 Å². The largest absolute Gasteiger partial charge is 0.490 e. The molecule has 0 radical (unpaired) electrons. The van der Waals surface area contributed by atoms with Gasteiger partial charge in [-0.3, -0.25) is 9.69 Å². The van der Waals surface area contributed by atoms with E-state index in [0.29, 0.717) is 24.6 Å². The van der Waals surface area contributed by atoms with Gasteiger partial charge in [0, 0.05) is 31.0 Å². The first kappa shape index (κ1) is 23.7. The topological polar surface area (TPSA) is 118 Å². The number of furan rings is 1. The average Bonchev–Trinajstić information content (AvgIpc) is 3.41. The summed E-state index contributed by atoms with van der Waals surface area (Å²) in [5, 5.41) is 17.6. The van der Waals surface area contributed by atoms with Crippen molar-refractivity contribution in [3.63, 3.8) is 0 Å². The number of nitrogens with one attached hydrogen (secondary N) is 1. The maximum atomic E-state index is 12.3. The standard InChI is InChI=1S/C18H22N4O3.C2HF3O2/c1-13-2-3-16(25-13)8-22-7-15-9-24-12-18(15,11-22)10-19-17(23)14-4-5-20-21-6-14;3-2(4,5)1(6)7/h2-6,15H,7-12H2,1H3,(H,19,23);(H,6,7)/t15-,18+;/m1./s1. The Morgan fingerprint density at radius 1 is 1.31 bits per heavy atom. The number of hydrogen-bond donors (Lipinski definition) is 2. The highest BCUT2D eigenvalue weighted by atomic mass is 19.4. The molecule has 4 heterocycles. The number of nitrogens with zero attached hydrogens (tertiary/aromatic N) is 3. The maximum Gasteiger partial charge on any atom is 0.490 e. The highest BCUT2D eigenvalue weighted by Gasteiger charge is 2.50. The molecule has 12 heteroatoms.